The standard InChI is InChI=1S/C13H22N3O.ClH/c1-12-14(2)9-10-16(12)11-13(17)15-7-5-3-4-6-8-15;/h9-10H,3-8,11H2,1-2H3;1H/q+1;/p-1. The Bertz CT molecular complexity index is 395. The van der Waals surface area contributed by atoms with E-state index in [1.165, 1.54) is 12.8 Å². The summed E-state index contributed by atoms with van der Waals surface area (Å²) in [5.74, 6) is 1.37. The normalized spacial score (nSPS) is 16.0. The maximum atomic E-state index is 12.2. The van der Waals surface area contributed by atoms with Gasteiger partial charge in [-0.1, -0.05) is 12.8 Å². The molecule has 102 valence electrons. The molecule has 2 rings (SSSR count). The number of likely N-dealkylation sites (tertiary alicyclic amines) is 1. The molecule has 18 heavy (non-hydrogen) atoms. The van der Waals surface area contributed by atoms with E-state index < -0.39 is 0 Å². The lowest BCUT2D eigenvalue weighted by atomic mass is 10.2. The van der Waals surface area contributed by atoms with Crippen molar-refractivity contribution in [3.63, 3.8) is 0 Å². The van der Waals surface area contributed by atoms with E-state index in [1.54, 1.807) is 0 Å². The molecule has 0 aliphatic carbocycles. The Hall–Kier alpha value is -1.03. The Balaban J connectivity index is 0.00000162. The second kappa shape index (κ2) is 6.78. The first kappa shape index (κ1) is 15.0. The summed E-state index contributed by atoms with van der Waals surface area (Å²) >= 11 is 0. The highest BCUT2D eigenvalue weighted by Gasteiger charge is 2.19. The summed E-state index contributed by atoms with van der Waals surface area (Å²) in [6, 6.07) is 0. The van der Waals surface area contributed by atoms with Gasteiger partial charge in [-0.3, -0.25) is 4.79 Å². The molecule has 0 unspecified atom stereocenters. The molecule has 4 nitrogen and oxygen atoms in total. The van der Waals surface area contributed by atoms with Gasteiger partial charge in [-0.05, 0) is 12.8 Å². The van der Waals surface area contributed by atoms with Crippen molar-refractivity contribution in [2.24, 2.45) is 7.05 Å². The van der Waals surface area contributed by atoms with Crippen molar-refractivity contribution >= 4 is 5.91 Å². The Labute approximate surface area is 115 Å². The van der Waals surface area contributed by atoms with E-state index in [0.717, 1.165) is 31.8 Å². The zero-order chi connectivity index (χ0) is 12.3. The molecule has 0 bridgehead atoms. The maximum Gasteiger partial charge on any atom is 0.264 e. The van der Waals surface area contributed by atoms with Crippen LogP contribution < -0.4 is 17.0 Å². The van der Waals surface area contributed by atoms with Crippen LogP contribution >= 0.6 is 0 Å². The lowest BCUT2D eigenvalue weighted by molar-refractivity contribution is -0.677. The number of rotatable bonds is 2. The monoisotopic (exact) mass is 271 g/mol. The summed E-state index contributed by atoms with van der Waals surface area (Å²) < 4.78 is 4.06. The molecule has 0 radical (unpaired) electrons. The van der Waals surface area contributed by atoms with E-state index in [-0.39, 0.29) is 18.3 Å². The molecule has 5 heteroatoms. The number of hydrogen-bond acceptors (Lipinski definition) is 1. The number of halogens is 1. The van der Waals surface area contributed by atoms with E-state index in [4.69, 9.17) is 0 Å². The molecule has 1 aromatic heterocycles. The zero-order valence-corrected chi connectivity index (χ0v) is 12.0. The largest absolute Gasteiger partial charge is 1.00 e. The van der Waals surface area contributed by atoms with Crippen LogP contribution in [0.1, 0.15) is 31.5 Å². The molecule has 0 saturated carbocycles. The molecule has 1 fully saturated rings. The predicted molar refractivity (Wildman–Crippen MR) is 65.4 cm³/mol. The average molecular weight is 272 g/mol. The van der Waals surface area contributed by atoms with Crippen LogP contribution in [0.4, 0.5) is 0 Å². The number of hydrogen-bond donors (Lipinski definition) is 0. The van der Waals surface area contributed by atoms with Crippen molar-refractivity contribution in [2.45, 2.75) is 39.2 Å². The van der Waals surface area contributed by atoms with Crippen molar-refractivity contribution in [1.82, 2.24) is 9.47 Å². The molecular formula is C13H22ClN3O. The smallest absolute Gasteiger partial charge is 0.264 e. The molecule has 1 amide bonds. The van der Waals surface area contributed by atoms with Crippen molar-refractivity contribution < 1.29 is 21.8 Å². The molecule has 0 spiro atoms. The van der Waals surface area contributed by atoms with Gasteiger partial charge in [0.05, 0.1) is 7.05 Å². The SMILES string of the molecule is Cc1n(CC(=O)N2CCCCCC2)cc[n+]1C.[Cl-]. The maximum absolute atomic E-state index is 12.2. The Morgan fingerprint density at radius 3 is 2.39 bits per heavy atom. The quantitative estimate of drug-likeness (QED) is 0.574. The minimum Gasteiger partial charge on any atom is -1.00 e. The number of imidazole rings is 1. The Morgan fingerprint density at radius 2 is 1.89 bits per heavy atom. The van der Waals surface area contributed by atoms with Gasteiger partial charge >= 0.3 is 0 Å². The average Bonchev–Trinajstić information content (AvgIpc) is 2.59. The third-order valence-electron chi connectivity index (χ3n) is 3.66. The molecular weight excluding hydrogens is 250 g/mol. The molecule has 0 aromatic carbocycles. The third kappa shape index (κ3) is 3.48. The highest BCUT2D eigenvalue weighted by Crippen LogP contribution is 2.10. The third-order valence-corrected chi connectivity index (χ3v) is 3.66. The van der Waals surface area contributed by atoms with Gasteiger partial charge in [0, 0.05) is 20.0 Å². The predicted octanol–water partition coefficient (Wildman–Crippen LogP) is -1.97. The van der Waals surface area contributed by atoms with Crippen LogP contribution in [-0.4, -0.2) is 28.5 Å². The van der Waals surface area contributed by atoms with Gasteiger partial charge in [0.1, 0.15) is 12.4 Å². The molecule has 0 atom stereocenters. The molecule has 1 aliphatic rings. The fourth-order valence-electron chi connectivity index (χ4n) is 2.33. The summed E-state index contributed by atoms with van der Waals surface area (Å²) in [4.78, 5) is 14.2. The van der Waals surface area contributed by atoms with Crippen molar-refractivity contribution in [1.29, 1.82) is 0 Å². The summed E-state index contributed by atoms with van der Waals surface area (Å²) in [6.07, 6.45) is 8.81. The summed E-state index contributed by atoms with van der Waals surface area (Å²) in [6.45, 7) is 4.39. The van der Waals surface area contributed by atoms with E-state index in [1.807, 2.05) is 40.4 Å². The lowest BCUT2D eigenvalue weighted by Crippen LogP contribution is -3.00. The zero-order valence-electron chi connectivity index (χ0n) is 11.2. The Morgan fingerprint density at radius 1 is 1.28 bits per heavy atom. The second-order valence-electron chi connectivity index (χ2n) is 4.88. The van der Waals surface area contributed by atoms with E-state index in [2.05, 4.69) is 0 Å². The highest BCUT2D eigenvalue weighted by atomic mass is 35.5. The molecule has 2 heterocycles. The minimum atomic E-state index is 0. The summed E-state index contributed by atoms with van der Waals surface area (Å²) in [7, 11) is 2.00. The van der Waals surface area contributed by atoms with Gasteiger partial charge in [0.15, 0.2) is 6.54 Å². The lowest BCUT2D eigenvalue weighted by Gasteiger charge is -2.19. The Kier molecular flexibility index (Phi) is 5.66. The van der Waals surface area contributed by atoms with Crippen LogP contribution in [0.5, 0.6) is 0 Å². The van der Waals surface area contributed by atoms with Crippen LogP contribution in [-0.2, 0) is 18.4 Å². The fourth-order valence-corrected chi connectivity index (χ4v) is 2.33. The number of carbonyl (C=O) groups excluding carboxylic acids is 1. The molecule has 1 aromatic rings. The van der Waals surface area contributed by atoms with E-state index in [9.17, 15) is 4.79 Å². The first-order valence-corrected chi connectivity index (χ1v) is 6.47. The summed E-state index contributed by atoms with van der Waals surface area (Å²) in [5, 5.41) is 0. The number of nitrogens with zero attached hydrogens (tertiary/aromatic N) is 3. The molecule has 1 aliphatic heterocycles. The first-order valence-electron chi connectivity index (χ1n) is 6.47. The van der Waals surface area contributed by atoms with Gasteiger partial charge in [-0.25, -0.2) is 9.13 Å². The van der Waals surface area contributed by atoms with E-state index >= 15 is 0 Å². The van der Waals surface area contributed by atoms with E-state index in [0.29, 0.717) is 6.54 Å². The molecule has 0 N–H and O–H groups in total. The number of aromatic nitrogens is 2. The number of aryl methyl sites for hydroxylation is 1. The van der Waals surface area contributed by atoms with Gasteiger partial charge in [-0.15, -0.1) is 0 Å². The van der Waals surface area contributed by atoms with Gasteiger partial charge in [-0.2, -0.15) is 0 Å². The van der Waals surface area contributed by atoms with Crippen molar-refractivity contribution in [3.8, 4) is 0 Å². The number of amides is 1. The second-order valence-corrected chi connectivity index (χ2v) is 4.88. The summed E-state index contributed by atoms with van der Waals surface area (Å²) in [5.41, 5.74) is 0. The fraction of sp³-hybridized carbons (Fsp3) is 0.692. The highest BCUT2D eigenvalue weighted by molar-refractivity contribution is 5.76. The van der Waals surface area contributed by atoms with Crippen molar-refractivity contribution in [2.75, 3.05) is 13.1 Å². The van der Waals surface area contributed by atoms with Crippen LogP contribution in [0, 0.1) is 6.92 Å². The molecule has 1 saturated heterocycles. The topological polar surface area (TPSA) is 29.1 Å². The van der Waals surface area contributed by atoms with Crippen LogP contribution in [0.25, 0.3) is 0 Å². The van der Waals surface area contributed by atoms with Crippen LogP contribution in [0.2, 0.25) is 0 Å². The van der Waals surface area contributed by atoms with Crippen LogP contribution in [0.15, 0.2) is 12.4 Å². The van der Waals surface area contributed by atoms with Gasteiger partial charge in [0.2, 0.25) is 0 Å². The minimum absolute atomic E-state index is 0. The van der Waals surface area contributed by atoms with Crippen molar-refractivity contribution in [3.05, 3.63) is 18.2 Å². The van der Waals surface area contributed by atoms with Crippen LogP contribution in [0.3, 0.4) is 0 Å². The van der Waals surface area contributed by atoms with Gasteiger partial charge < -0.3 is 17.3 Å². The first-order chi connectivity index (χ1) is 8.18. The number of carbonyl (C=O) groups is 1. The van der Waals surface area contributed by atoms with Gasteiger partial charge in [0.25, 0.3) is 11.7 Å².